The molecule has 0 saturated heterocycles. The van der Waals surface area contributed by atoms with Crippen LogP contribution in [0.1, 0.15) is 31.4 Å². The van der Waals surface area contributed by atoms with Crippen molar-refractivity contribution >= 4 is 39.1 Å². The summed E-state index contributed by atoms with van der Waals surface area (Å²) in [6, 6.07) is 19.0. The molecule has 0 heterocycles. The molecule has 1 unspecified atom stereocenters. The van der Waals surface area contributed by atoms with Crippen LogP contribution in [0.25, 0.3) is 0 Å². The van der Waals surface area contributed by atoms with Crippen molar-refractivity contribution in [2.75, 3.05) is 24.5 Å². The summed E-state index contributed by atoms with van der Waals surface area (Å²) >= 11 is 5.99. The number of halogens is 1. The molecule has 0 saturated carbocycles. The van der Waals surface area contributed by atoms with Gasteiger partial charge in [0.25, 0.3) is 10.0 Å². The third-order valence-corrected chi connectivity index (χ3v) is 8.29. The maximum absolute atomic E-state index is 14.0. The topological polar surface area (TPSA) is 96.0 Å². The number of nitrogens with one attached hydrogen (secondary N) is 1. The Balaban J connectivity index is 2.04. The molecule has 3 rings (SSSR count). The fraction of sp³-hybridized carbons (Fsp3) is 0.310. The molecule has 39 heavy (non-hydrogen) atoms. The number of hydrogen-bond acceptors (Lipinski definition) is 5. The number of aryl methyl sites for hydroxylation is 1. The van der Waals surface area contributed by atoms with Crippen LogP contribution in [0.5, 0.6) is 5.75 Å². The van der Waals surface area contributed by atoms with Gasteiger partial charge in [-0.2, -0.15) is 0 Å². The standard InChI is InChI=1S/C29H34ClN3O5S/c1-5-27(29(35)31-6-2)32(19-22-9-15-25(38-4)16-10-22)28(34)20-33(24-13-7-21(3)8-14-24)39(36,37)26-17-11-23(30)12-18-26/h7-18,27H,5-6,19-20H2,1-4H3,(H,31,35). The third kappa shape index (κ3) is 7.52. The Morgan fingerprint density at radius 3 is 2.10 bits per heavy atom. The van der Waals surface area contributed by atoms with E-state index >= 15 is 0 Å². The van der Waals surface area contributed by atoms with Gasteiger partial charge in [-0.05, 0) is 74.4 Å². The minimum atomic E-state index is -4.15. The number of carbonyl (C=O) groups is 2. The number of methoxy groups -OCH3 is 1. The van der Waals surface area contributed by atoms with Gasteiger partial charge in [-0.1, -0.05) is 48.4 Å². The maximum Gasteiger partial charge on any atom is 0.264 e. The monoisotopic (exact) mass is 571 g/mol. The van der Waals surface area contributed by atoms with Gasteiger partial charge in [0.05, 0.1) is 17.7 Å². The number of sulfonamides is 1. The highest BCUT2D eigenvalue weighted by Gasteiger charge is 2.33. The van der Waals surface area contributed by atoms with Gasteiger partial charge in [0.2, 0.25) is 11.8 Å². The molecule has 1 atom stereocenters. The number of carbonyl (C=O) groups excluding carboxylic acids is 2. The Kier molecular flexibility index (Phi) is 10.4. The summed E-state index contributed by atoms with van der Waals surface area (Å²) in [5, 5.41) is 3.19. The molecule has 0 aromatic heterocycles. The van der Waals surface area contributed by atoms with Crippen molar-refractivity contribution in [3.8, 4) is 5.75 Å². The average molecular weight is 572 g/mol. The number of rotatable bonds is 12. The quantitative estimate of drug-likeness (QED) is 0.337. The lowest BCUT2D eigenvalue weighted by Crippen LogP contribution is -2.52. The third-order valence-electron chi connectivity index (χ3n) is 6.25. The van der Waals surface area contributed by atoms with Gasteiger partial charge >= 0.3 is 0 Å². The molecule has 8 nitrogen and oxygen atoms in total. The second-order valence-electron chi connectivity index (χ2n) is 8.99. The summed E-state index contributed by atoms with van der Waals surface area (Å²) in [7, 11) is -2.58. The van der Waals surface area contributed by atoms with Crippen LogP contribution in [0, 0.1) is 6.92 Å². The van der Waals surface area contributed by atoms with Gasteiger partial charge in [0, 0.05) is 18.1 Å². The Bertz CT molecular complexity index is 1360. The van der Waals surface area contributed by atoms with E-state index in [1.807, 2.05) is 26.0 Å². The number of likely N-dealkylation sites (N-methyl/N-ethyl adjacent to an activating group) is 1. The normalized spacial score (nSPS) is 11.9. The highest BCUT2D eigenvalue weighted by atomic mass is 35.5. The highest BCUT2D eigenvalue weighted by Crippen LogP contribution is 2.26. The lowest BCUT2D eigenvalue weighted by atomic mass is 10.1. The number of benzene rings is 3. The van der Waals surface area contributed by atoms with Crippen molar-refractivity contribution in [2.45, 2.75) is 44.7 Å². The van der Waals surface area contributed by atoms with Crippen LogP contribution in [-0.4, -0.2) is 51.4 Å². The van der Waals surface area contributed by atoms with Gasteiger partial charge in [-0.25, -0.2) is 8.42 Å². The zero-order valence-corrected chi connectivity index (χ0v) is 24.1. The lowest BCUT2D eigenvalue weighted by Gasteiger charge is -2.33. The predicted octanol–water partition coefficient (Wildman–Crippen LogP) is 4.80. The first-order valence-electron chi connectivity index (χ1n) is 12.7. The molecule has 0 fully saturated rings. The number of nitrogens with zero attached hydrogens (tertiary/aromatic N) is 2. The van der Waals surface area contributed by atoms with E-state index in [1.165, 1.54) is 29.2 Å². The van der Waals surface area contributed by atoms with Crippen molar-refractivity contribution < 1.29 is 22.7 Å². The Morgan fingerprint density at radius 1 is 0.949 bits per heavy atom. The van der Waals surface area contributed by atoms with Gasteiger partial charge in [0.15, 0.2) is 0 Å². The molecule has 0 aliphatic carbocycles. The fourth-order valence-electron chi connectivity index (χ4n) is 4.11. The first-order valence-corrected chi connectivity index (χ1v) is 14.5. The molecular weight excluding hydrogens is 538 g/mol. The van der Waals surface area contributed by atoms with E-state index in [0.717, 1.165) is 15.4 Å². The Labute approximate surface area is 235 Å². The molecule has 3 aromatic carbocycles. The van der Waals surface area contributed by atoms with Crippen molar-refractivity contribution in [3.05, 3.63) is 88.9 Å². The molecule has 3 aromatic rings. The van der Waals surface area contributed by atoms with Gasteiger partial charge in [-0.3, -0.25) is 13.9 Å². The molecule has 0 aliphatic rings. The van der Waals surface area contributed by atoms with Gasteiger partial charge < -0.3 is 15.0 Å². The van der Waals surface area contributed by atoms with Crippen LogP contribution < -0.4 is 14.4 Å². The smallest absolute Gasteiger partial charge is 0.264 e. The first kappa shape index (κ1) is 30.0. The van der Waals surface area contributed by atoms with Crippen LogP contribution in [0.15, 0.2) is 77.7 Å². The van der Waals surface area contributed by atoms with Crippen molar-refractivity contribution in [1.82, 2.24) is 10.2 Å². The van der Waals surface area contributed by atoms with Crippen LogP contribution in [0.2, 0.25) is 5.02 Å². The summed E-state index contributed by atoms with van der Waals surface area (Å²) in [6.07, 6.45) is 0.349. The van der Waals surface area contributed by atoms with E-state index in [0.29, 0.717) is 29.4 Å². The van der Waals surface area contributed by atoms with Crippen molar-refractivity contribution in [2.24, 2.45) is 0 Å². The molecule has 10 heteroatoms. The molecule has 208 valence electrons. The fourth-order valence-corrected chi connectivity index (χ4v) is 5.65. The largest absolute Gasteiger partial charge is 0.497 e. The van der Waals surface area contributed by atoms with Crippen LogP contribution >= 0.6 is 11.6 Å². The summed E-state index contributed by atoms with van der Waals surface area (Å²) < 4.78 is 33.9. The number of hydrogen-bond donors (Lipinski definition) is 1. The molecule has 0 bridgehead atoms. The lowest BCUT2D eigenvalue weighted by molar-refractivity contribution is -0.140. The van der Waals surface area contributed by atoms with Gasteiger partial charge in [0.1, 0.15) is 18.3 Å². The number of anilines is 1. The molecule has 1 N–H and O–H groups in total. The summed E-state index contributed by atoms with van der Waals surface area (Å²) in [4.78, 5) is 28.4. The zero-order valence-electron chi connectivity index (χ0n) is 22.6. The molecule has 2 amide bonds. The summed E-state index contributed by atoms with van der Waals surface area (Å²) in [5.74, 6) is -0.154. The SMILES string of the molecule is CCNC(=O)C(CC)N(Cc1ccc(OC)cc1)C(=O)CN(c1ccc(C)cc1)S(=O)(=O)c1ccc(Cl)cc1. The summed E-state index contributed by atoms with van der Waals surface area (Å²) in [6.45, 7) is 5.53. The molecular formula is C29H34ClN3O5S. The van der Waals surface area contributed by atoms with Crippen molar-refractivity contribution in [1.29, 1.82) is 0 Å². The van der Waals surface area contributed by atoms with E-state index in [9.17, 15) is 18.0 Å². The van der Waals surface area contributed by atoms with Crippen molar-refractivity contribution in [3.63, 3.8) is 0 Å². The second-order valence-corrected chi connectivity index (χ2v) is 11.3. The van der Waals surface area contributed by atoms with E-state index in [2.05, 4.69) is 5.32 Å². The maximum atomic E-state index is 14.0. The average Bonchev–Trinajstić information content (AvgIpc) is 2.92. The second kappa shape index (κ2) is 13.5. The minimum Gasteiger partial charge on any atom is -0.497 e. The molecule has 0 radical (unpaired) electrons. The number of amides is 2. The van der Waals surface area contributed by atoms with Crippen LogP contribution in [-0.2, 0) is 26.2 Å². The number of ether oxygens (including phenoxy) is 1. The van der Waals surface area contributed by atoms with E-state index in [1.54, 1.807) is 50.4 Å². The first-order chi connectivity index (χ1) is 18.6. The van der Waals surface area contributed by atoms with Gasteiger partial charge in [-0.15, -0.1) is 0 Å². The minimum absolute atomic E-state index is 0.00209. The predicted molar refractivity (Wildman–Crippen MR) is 153 cm³/mol. The van der Waals surface area contributed by atoms with E-state index in [4.69, 9.17) is 16.3 Å². The Morgan fingerprint density at radius 2 is 1.56 bits per heavy atom. The molecule has 0 aliphatic heterocycles. The molecule has 0 spiro atoms. The summed E-state index contributed by atoms with van der Waals surface area (Å²) in [5.41, 5.74) is 2.05. The Hall–Kier alpha value is -3.56. The van der Waals surface area contributed by atoms with Crippen LogP contribution in [0.4, 0.5) is 5.69 Å². The van der Waals surface area contributed by atoms with Crippen LogP contribution in [0.3, 0.4) is 0 Å². The van der Waals surface area contributed by atoms with E-state index in [-0.39, 0.29) is 17.3 Å². The highest BCUT2D eigenvalue weighted by molar-refractivity contribution is 7.92. The zero-order chi connectivity index (χ0) is 28.6. The van der Waals surface area contributed by atoms with E-state index < -0.39 is 28.5 Å².